The number of anilines is 1. The normalized spacial score (nSPS) is 14.1. The lowest BCUT2D eigenvalue weighted by Crippen LogP contribution is -2.41. The largest absolute Gasteiger partial charge is 0.394 e. The second-order valence-corrected chi connectivity index (χ2v) is 5.53. The summed E-state index contributed by atoms with van der Waals surface area (Å²) in [5, 5.41) is 19.0. The molecule has 0 aliphatic rings. The molecule has 0 bridgehead atoms. The average molecular weight is 282 g/mol. The predicted molar refractivity (Wildman–Crippen MR) is 79.7 cm³/mol. The number of aliphatic hydroxyl groups excluding tert-OH is 1. The van der Waals surface area contributed by atoms with E-state index in [1.165, 1.54) is 0 Å². The number of carbonyl (C=O) groups is 1. The molecule has 1 rings (SSSR count). The number of nitrogens with one attached hydrogen (secondary N) is 2. The molecule has 1 heterocycles. The van der Waals surface area contributed by atoms with Crippen molar-refractivity contribution < 1.29 is 9.90 Å². The van der Waals surface area contributed by atoms with Crippen LogP contribution in [0.2, 0.25) is 0 Å². The number of aromatic nitrogens is 2. The van der Waals surface area contributed by atoms with Gasteiger partial charge >= 0.3 is 6.03 Å². The molecule has 0 aliphatic carbocycles. The first-order valence-electron chi connectivity index (χ1n) is 7.19. The van der Waals surface area contributed by atoms with E-state index in [-0.39, 0.29) is 24.7 Å². The van der Waals surface area contributed by atoms with Gasteiger partial charge < -0.3 is 10.4 Å². The molecule has 1 aromatic rings. The Kier molecular flexibility index (Phi) is 6.51. The lowest BCUT2D eigenvalue weighted by Gasteiger charge is -2.19. The van der Waals surface area contributed by atoms with Gasteiger partial charge in [0.05, 0.1) is 24.9 Å². The van der Waals surface area contributed by atoms with Crippen molar-refractivity contribution in [3.63, 3.8) is 0 Å². The Balaban J connectivity index is 2.60. The number of aliphatic hydroxyl groups is 1. The Morgan fingerprint density at radius 3 is 2.70 bits per heavy atom. The molecule has 0 saturated carbocycles. The van der Waals surface area contributed by atoms with Crippen LogP contribution in [0.1, 0.15) is 46.6 Å². The fourth-order valence-electron chi connectivity index (χ4n) is 2.02. The minimum Gasteiger partial charge on any atom is -0.394 e. The Labute approximate surface area is 120 Å². The fourth-order valence-corrected chi connectivity index (χ4v) is 2.02. The molecule has 3 N–H and O–H groups in total. The van der Waals surface area contributed by atoms with Crippen molar-refractivity contribution in [1.82, 2.24) is 15.1 Å². The van der Waals surface area contributed by atoms with E-state index in [9.17, 15) is 9.90 Å². The van der Waals surface area contributed by atoms with Gasteiger partial charge in [0.1, 0.15) is 5.82 Å². The van der Waals surface area contributed by atoms with Crippen LogP contribution in [0.4, 0.5) is 10.6 Å². The van der Waals surface area contributed by atoms with Gasteiger partial charge in [0.2, 0.25) is 0 Å². The van der Waals surface area contributed by atoms with Gasteiger partial charge in [-0.2, -0.15) is 5.10 Å². The minimum atomic E-state index is -0.310. The van der Waals surface area contributed by atoms with E-state index < -0.39 is 0 Å². The highest BCUT2D eigenvalue weighted by atomic mass is 16.3. The highest BCUT2D eigenvalue weighted by Gasteiger charge is 2.15. The molecule has 20 heavy (non-hydrogen) atoms. The topological polar surface area (TPSA) is 79.2 Å². The molecule has 0 saturated heterocycles. The van der Waals surface area contributed by atoms with Crippen molar-refractivity contribution in [2.45, 2.75) is 52.6 Å². The molecule has 0 radical (unpaired) electrons. The van der Waals surface area contributed by atoms with E-state index >= 15 is 0 Å². The molecule has 2 unspecified atom stereocenters. The molecular weight excluding hydrogens is 256 g/mol. The van der Waals surface area contributed by atoms with Gasteiger partial charge in [0.25, 0.3) is 0 Å². The maximum atomic E-state index is 11.9. The summed E-state index contributed by atoms with van der Waals surface area (Å²) in [6, 6.07) is 1.46. The zero-order valence-corrected chi connectivity index (χ0v) is 12.8. The zero-order valence-electron chi connectivity index (χ0n) is 12.8. The van der Waals surface area contributed by atoms with Crippen LogP contribution in [0.3, 0.4) is 0 Å². The lowest BCUT2D eigenvalue weighted by molar-refractivity contribution is 0.214. The third kappa shape index (κ3) is 4.85. The summed E-state index contributed by atoms with van der Waals surface area (Å²) in [4.78, 5) is 11.9. The van der Waals surface area contributed by atoms with E-state index in [0.717, 1.165) is 12.8 Å². The molecule has 6 heteroatoms. The van der Waals surface area contributed by atoms with Gasteiger partial charge in [-0.25, -0.2) is 9.48 Å². The first kappa shape index (κ1) is 16.5. The molecule has 0 aliphatic heterocycles. The SMILES string of the molecule is CCC(C)n1nccc1NC(=O)NC(CO)CC(C)C. The lowest BCUT2D eigenvalue weighted by atomic mass is 10.0. The second-order valence-electron chi connectivity index (χ2n) is 5.53. The summed E-state index contributed by atoms with van der Waals surface area (Å²) in [7, 11) is 0. The number of nitrogens with zero attached hydrogens (tertiary/aromatic N) is 2. The number of rotatable bonds is 7. The van der Waals surface area contributed by atoms with Gasteiger partial charge in [-0.05, 0) is 25.7 Å². The van der Waals surface area contributed by atoms with Gasteiger partial charge in [-0.15, -0.1) is 0 Å². The minimum absolute atomic E-state index is 0.0593. The van der Waals surface area contributed by atoms with Crippen molar-refractivity contribution in [2.75, 3.05) is 11.9 Å². The van der Waals surface area contributed by atoms with Crippen LogP contribution < -0.4 is 10.6 Å². The first-order valence-corrected chi connectivity index (χ1v) is 7.19. The predicted octanol–water partition coefficient (Wildman–Crippen LogP) is 2.38. The van der Waals surface area contributed by atoms with Crippen molar-refractivity contribution in [3.8, 4) is 0 Å². The summed E-state index contributed by atoms with van der Waals surface area (Å²) in [6.45, 7) is 8.17. The quantitative estimate of drug-likeness (QED) is 0.718. The Morgan fingerprint density at radius 2 is 2.15 bits per heavy atom. The van der Waals surface area contributed by atoms with Crippen LogP contribution in [0.15, 0.2) is 12.3 Å². The third-order valence-electron chi connectivity index (χ3n) is 3.23. The third-order valence-corrected chi connectivity index (χ3v) is 3.23. The molecule has 0 aromatic carbocycles. The second kappa shape index (κ2) is 7.89. The van der Waals surface area contributed by atoms with E-state index in [1.807, 2.05) is 6.92 Å². The number of urea groups is 1. The standard InChI is InChI=1S/C14H26N4O2/c1-5-11(4)18-13(6-7-15-18)17-14(20)16-12(9-19)8-10(2)3/h6-7,10-12,19H,5,8-9H2,1-4H3,(H2,16,17,20). The summed E-state index contributed by atoms with van der Waals surface area (Å²) in [5.74, 6) is 1.08. The molecule has 2 atom stereocenters. The Bertz CT molecular complexity index is 417. The van der Waals surface area contributed by atoms with Gasteiger partial charge in [-0.1, -0.05) is 20.8 Å². The van der Waals surface area contributed by atoms with Crippen LogP contribution in [0.5, 0.6) is 0 Å². The van der Waals surface area contributed by atoms with Gasteiger partial charge in [-0.3, -0.25) is 5.32 Å². The summed E-state index contributed by atoms with van der Waals surface area (Å²) < 4.78 is 1.79. The molecule has 114 valence electrons. The van der Waals surface area contributed by atoms with E-state index in [0.29, 0.717) is 11.7 Å². The smallest absolute Gasteiger partial charge is 0.320 e. The average Bonchev–Trinajstić information content (AvgIpc) is 2.84. The van der Waals surface area contributed by atoms with E-state index in [1.54, 1.807) is 16.9 Å². The molecule has 6 nitrogen and oxygen atoms in total. The number of carbonyl (C=O) groups excluding carboxylic acids is 1. The number of hydrogen-bond donors (Lipinski definition) is 3. The van der Waals surface area contributed by atoms with Crippen molar-refractivity contribution in [2.24, 2.45) is 5.92 Å². The Morgan fingerprint density at radius 1 is 1.45 bits per heavy atom. The van der Waals surface area contributed by atoms with E-state index in [4.69, 9.17) is 0 Å². The van der Waals surface area contributed by atoms with Crippen molar-refractivity contribution >= 4 is 11.8 Å². The molecule has 0 fully saturated rings. The molecule has 2 amide bonds. The summed E-state index contributed by atoms with van der Waals surface area (Å²) in [5.41, 5.74) is 0. The number of hydrogen-bond acceptors (Lipinski definition) is 3. The monoisotopic (exact) mass is 282 g/mol. The Hall–Kier alpha value is -1.56. The van der Waals surface area contributed by atoms with Gasteiger partial charge in [0.15, 0.2) is 0 Å². The fraction of sp³-hybridized carbons (Fsp3) is 0.714. The maximum absolute atomic E-state index is 11.9. The summed E-state index contributed by atoms with van der Waals surface area (Å²) >= 11 is 0. The van der Waals surface area contributed by atoms with Crippen LogP contribution in [-0.4, -0.2) is 33.6 Å². The van der Waals surface area contributed by atoms with E-state index in [2.05, 4.69) is 36.5 Å². The van der Waals surface area contributed by atoms with Crippen LogP contribution >= 0.6 is 0 Å². The first-order chi connectivity index (χ1) is 9.47. The molecular formula is C14H26N4O2. The maximum Gasteiger partial charge on any atom is 0.320 e. The highest BCUT2D eigenvalue weighted by molar-refractivity contribution is 5.88. The van der Waals surface area contributed by atoms with Crippen LogP contribution in [0, 0.1) is 5.92 Å². The zero-order chi connectivity index (χ0) is 15.1. The van der Waals surface area contributed by atoms with Crippen molar-refractivity contribution in [1.29, 1.82) is 0 Å². The van der Waals surface area contributed by atoms with Crippen LogP contribution in [-0.2, 0) is 0 Å². The number of amides is 2. The van der Waals surface area contributed by atoms with Gasteiger partial charge in [0, 0.05) is 6.07 Å². The molecule has 1 aromatic heterocycles. The molecule has 0 spiro atoms. The highest BCUT2D eigenvalue weighted by Crippen LogP contribution is 2.16. The van der Waals surface area contributed by atoms with Crippen molar-refractivity contribution in [3.05, 3.63) is 12.3 Å². The van der Waals surface area contributed by atoms with Crippen LogP contribution in [0.25, 0.3) is 0 Å². The summed E-state index contributed by atoms with van der Waals surface area (Å²) in [6.07, 6.45) is 3.35.